The molecule has 1 rings (SSSR count). The first-order valence-corrected chi connectivity index (χ1v) is 5.87. The summed E-state index contributed by atoms with van der Waals surface area (Å²) in [5.41, 5.74) is 0.517. The van der Waals surface area contributed by atoms with Crippen LogP contribution in [0.4, 0.5) is 13.2 Å². The van der Waals surface area contributed by atoms with Crippen LogP contribution in [-0.2, 0) is 9.53 Å². The second-order valence-electron chi connectivity index (χ2n) is 3.77. The first kappa shape index (κ1) is 15.5. The lowest BCUT2D eigenvalue weighted by Crippen LogP contribution is -2.18. The molecular formula is C13H15F3O3. The number of ether oxygens (including phenoxy) is 2. The van der Waals surface area contributed by atoms with E-state index in [0.717, 1.165) is 12.1 Å². The molecule has 0 aliphatic heterocycles. The monoisotopic (exact) mass is 276 g/mol. The van der Waals surface area contributed by atoms with Gasteiger partial charge >= 0.3 is 6.36 Å². The van der Waals surface area contributed by atoms with E-state index in [1.54, 1.807) is 13.8 Å². The van der Waals surface area contributed by atoms with Gasteiger partial charge in [0, 0.05) is 13.0 Å². The minimum atomic E-state index is -4.72. The molecule has 1 unspecified atom stereocenters. The van der Waals surface area contributed by atoms with Gasteiger partial charge in [-0.15, -0.1) is 13.2 Å². The lowest BCUT2D eigenvalue weighted by Gasteiger charge is -2.16. The molecule has 0 fully saturated rings. The Bertz CT molecular complexity index is 412. The first-order valence-electron chi connectivity index (χ1n) is 5.87. The SMILES string of the molecule is CCOC(C(=O)CC)c1ccc(OC(F)(F)F)cc1. The largest absolute Gasteiger partial charge is 0.573 e. The Morgan fingerprint density at radius 3 is 2.21 bits per heavy atom. The minimum Gasteiger partial charge on any atom is -0.406 e. The third kappa shape index (κ3) is 4.90. The highest BCUT2D eigenvalue weighted by atomic mass is 19.4. The Morgan fingerprint density at radius 2 is 1.79 bits per heavy atom. The topological polar surface area (TPSA) is 35.5 Å². The molecule has 0 saturated carbocycles. The zero-order chi connectivity index (χ0) is 14.5. The normalized spacial score (nSPS) is 13.1. The standard InChI is InChI=1S/C13H15F3O3/c1-3-11(17)12(18-4-2)9-5-7-10(8-6-9)19-13(14,15)16/h5-8,12H,3-4H2,1-2H3. The summed E-state index contributed by atoms with van der Waals surface area (Å²) in [6.07, 6.45) is -5.17. The molecule has 106 valence electrons. The van der Waals surface area contributed by atoms with Crippen LogP contribution in [0.15, 0.2) is 24.3 Å². The fourth-order valence-electron chi connectivity index (χ4n) is 1.57. The Labute approximate surface area is 109 Å². The van der Waals surface area contributed by atoms with E-state index >= 15 is 0 Å². The second-order valence-corrected chi connectivity index (χ2v) is 3.77. The van der Waals surface area contributed by atoms with Crippen molar-refractivity contribution in [1.82, 2.24) is 0 Å². The number of ketones is 1. The maximum atomic E-state index is 12.0. The number of rotatable bonds is 6. The van der Waals surface area contributed by atoms with E-state index in [0.29, 0.717) is 18.6 Å². The number of benzene rings is 1. The summed E-state index contributed by atoms with van der Waals surface area (Å²) in [4.78, 5) is 11.7. The Kier molecular flexibility index (Phi) is 5.35. The molecule has 0 radical (unpaired) electrons. The summed E-state index contributed by atoms with van der Waals surface area (Å²) < 4.78 is 45.1. The molecule has 0 bridgehead atoms. The van der Waals surface area contributed by atoms with Crippen LogP contribution in [0.25, 0.3) is 0 Å². The first-order chi connectivity index (χ1) is 8.87. The van der Waals surface area contributed by atoms with E-state index in [9.17, 15) is 18.0 Å². The molecule has 1 atom stereocenters. The smallest absolute Gasteiger partial charge is 0.406 e. The molecule has 0 saturated heterocycles. The highest BCUT2D eigenvalue weighted by molar-refractivity contribution is 5.84. The van der Waals surface area contributed by atoms with Gasteiger partial charge in [0.05, 0.1) is 0 Å². The van der Waals surface area contributed by atoms with Crippen molar-refractivity contribution in [2.24, 2.45) is 0 Å². The molecule has 1 aromatic rings. The molecule has 6 heteroatoms. The molecule has 0 aromatic heterocycles. The average Bonchev–Trinajstić information content (AvgIpc) is 2.34. The van der Waals surface area contributed by atoms with Crippen LogP contribution in [-0.4, -0.2) is 18.8 Å². The van der Waals surface area contributed by atoms with Gasteiger partial charge in [-0.1, -0.05) is 19.1 Å². The summed E-state index contributed by atoms with van der Waals surface area (Å²) in [5.74, 6) is -0.443. The van der Waals surface area contributed by atoms with E-state index in [2.05, 4.69) is 4.74 Å². The second kappa shape index (κ2) is 6.56. The van der Waals surface area contributed by atoms with Gasteiger partial charge in [0.15, 0.2) is 5.78 Å². The van der Waals surface area contributed by atoms with Gasteiger partial charge in [0.2, 0.25) is 0 Å². The molecule has 0 aliphatic rings. The lowest BCUT2D eigenvalue weighted by molar-refractivity contribution is -0.274. The van der Waals surface area contributed by atoms with E-state index < -0.39 is 12.5 Å². The summed E-state index contributed by atoms with van der Waals surface area (Å²) >= 11 is 0. The lowest BCUT2D eigenvalue weighted by atomic mass is 10.0. The number of alkyl halides is 3. The van der Waals surface area contributed by atoms with Crippen molar-refractivity contribution >= 4 is 5.78 Å². The van der Waals surface area contributed by atoms with Crippen molar-refractivity contribution in [3.8, 4) is 5.75 Å². The van der Waals surface area contributed by atoms with Gasteiger partial charge in [0.25, 0.3) is 0 Å². The quantitative estimate of drug-likeness (QED) is 0.795. The fourth-order valence-corrected chi connectivity index (χ4v) is 1.57. The predicted octanol–water partition coefficient (Wildman–Crippen LogP) is 3.64. The van der Waals surface area contributed by atoms with Crippen LogP contribution in [0.3, 0.4) is 0 Å². The van der Waals surface area contributed by atoms with E-state index in [-0.39, 0.29) is 11.5 Å². The van der Waals surface area contributed by atoms with Gasteiger partial charge in [-0.05, 0) is 24.6 Å². The van der Waals surface area contributed by atoms with Crippen molar-refractivity contribution in [2.75, 3.05) is 6.61 Å². The Morgan fingerprint density at radius 1 is 1.21 bits per heavy atom. The molecule has 0 amide bonds. The highest BCUT2D eigenvalue weighted by Gasteiger charge is 2.31. The maximum absolute atomic E-state index is 12.0. The molecule has 0 spiro atoms. The van der Waals surface area contributed by atoms with Crippen molar-refractivity contribution in [3.05, 3.63) is 29.8 Å². The Balaban J connectivity index is 2.86. The molecular weight excluding hydrogens is 261 g/mol. The predicted molar refractivity (Wildman–Crippen MR) is 62.8 cm³/mol. The van der Waals surface area contributed by atoms with Crippen LogP contribution in [0.5, 0.6) is 5.75 Å². The van der Waals surface area contributed by atoms with E-state index in [4.69, 9.17) is 4.74 Å². The highest BCUT2D eigenvalue weighted by Crippen LogP contribution is 2.26. The van der Waals surface area contributed by atoms with Crippen molar-refractivity contribution in [3.63, 3.8) is 0 Å². The third-order valence-corrected chi connectivity index (χ3v) is 2.39. The average molecular weight is 276 g/mol. The molecule has 0 heterocycles. The minimum absolute atomic E-state index is 0.119. The van der Waals surface area contributed by atoms with Gasteiger partial charge in [0.1, 0.15) is 11.9 Å². The van der Waals surface area contributed by atoms with Crippen molar-refractivity contribution in [1.29, 1.82) is 0 Å². The summed E-state index contributed by atoms with van der Waals surface area (Å²) in [5, 5.41) is 0. The number of carbonyl (C=O) groups is 1. The van der Waals surface area contributed by atoms with Crippen LogP contribution in [0, 0.1) is 0 Å². The van der Waals surface area contributed by atoms with Crippen LogP contribution >= 0.6 is 0 Å². The van der Waals surface area contributed by atoms with E-state index in [1.165, 1.54) is 12.1 Å². The van der Waals surface area contributed by atoms with Crippen LogP contribution < -0.4 is 4.74 Å². The van der Waals surface area contributed by atoms with Gasteiger partial charge in [-0.3, -0.25) is 4.79 Å². The van der Waals surface area contributed by atoms with Crippen molar-refractivity contribution in [2.45, 2.75) is 32.7 Å². The van der Waals surface area contributed by atoms with E-state index in [1.807, 2.05) is 0 Å². The summed E-state index contributed by atoms with van der Waals surface area (Å²) in [6, 6.07) is 5.12. The van der Waals surface area contributed by atoms with Crippen LogP contribution in [0.1, 0.15) is 31.9 Å². The van der Waals surface area contributed by atoms with Crippen LogP contribution in [0.2, 0.25) is 0 Å². The number of carbonyl (C=O) groups excluding carboxylic acids is 1. The molecule has 0 N–H and O–H groups in total. The number of Topliss-reactive ketones (excluding diaryl/α,β-unsaturated/α-hetero) is 1. The number of hydrogen-bond acceptors (Lipinski definition) is 3. The zero-order valence-corrected chi connectivity index (χ0v) is 10.7. The number of hydrogen-bond donors (Lipinski definition) is 0. The molecule has 0 aliphatic carbocycles. The van der Waals surface area contributed by atoms with Gasteiger partial charge < -0.3 is 9.47 Å². The summed E-state index contributed by atoms with van der Waals surface area (Å²) in [6.45, 7) is 3.80. The molecule has 1 aromatic carbocycles. The van der Waals surface area contributed by atoms with Gasteiger partial charge in [-0.2, -0.15) is 0 Å². The fraction of sp³-hybridized carbons (Fsp3) is 0.462. The number of halogens is 3. The van der Waals surface area contributed by atoms with Crippen molar-refractivity contribution < 1.29 is 27.4 Å². The molecule has 3 nitrogen and oxygen atoms in total. The third-order valence-electron chi connectivity index (χ3n) is 2.39. The summed E-state index contributed by atoms with van der Waals surface area (Å²) in [7, 11) is 0. The zero-order valence-electron chi connectivity index (χ0n) is 10.7. The molecule has 19 heavy (non-hydrogen) atoms. The maximum Gasteiger partial charge on any atom is 0.573 e. The van der Waals surface area contributed by atoms with Gasteiger partial charge in [-0.25, -0.2) is 0 Å². The Hall–Kier alpha value is -1.56.